The molecule has 1 aromatic rings. The van der Waals surface area contributed by atoms with E-state index in [2.05, 4.69) is 41.4 Å². The lowest BCUT2D eigenvalue weighted by Gasteiger charge is -2.32. The van der Waals surface area contributed by atoms with E-state index in [0.717, 1.165) is 35.8 Å². The van der Waals surface area contributed by atoms with Gasteiger partial charge in [0, 0.05) is 24.2 Å². The van der Waals surface area contributed by atoms with Crippen LogP contribution in [0.3, 0.4) is 0 Å². The van der Waals surface area contributed by atoms with Crippen LogP contribution in [0.15, 0.2) is 11.2 Å². The smallest absolute Gasteiger partial charge is 0.191 e. The van der Waals surface area contributed by atoms with Crippen molar-refractivity contribution in [1.29, 1.82) is 0 Å². The number of nitrogens with zero attached hydrogens (tertiary/aromatic N) is 2. The van der Waals surface area contributed by atoms with Crippen molar-refractivity contribution >= 4 is 17.3 Å². The largest absolute Gasteiger partial charge is 0.354 e. The fourth-order valence-electron chi connectivity index (χ4n) is 3.21. The summed E-state index contributed by atoms with van der Waals surface area (Å²) in [6, 6.07) is 0.539. The summed E-state index contributed by atoms with van der Waals surface area (Å²) in [5, 5.41) is 8.09. The van der Waals surface area contributed by atoms with E-state index in [4.69, 9.17) is 0 Å². The van der Waals surface area contributed by atoms with Crippen LogP contribution in [-0.4, -0.2) is 24.0 Å². The molecule has 2 N–H and O–H groups in total. The molecule has 0 aliphatic heterocycles. The highest BCUT2D eigenvalue weighted by Gasteiger charge is 2.24. The number of guanidine groups is 1. The maximum atomic E-state index is 4.44. The van der Waals surface area contributed by atoms with E-state index in [-0.39, 0.29) is 0 Å². The van der Waals surface area contributed by atoms with E-state index in [1.807, 2.05) is 13.2 Å². The molecule has 0 aromatic carbocycles. The van der Waals surface area contributed by atoms with E-state index < -0.39 is 0 Å². The number of aryl methyl sites for hydroxylation is 1. The van der Waals surface area contributed by atoms with Crippen LogP contribution in [0, 0.1) is 11.8 Å². The molecule has 1 fully saturated rings. The fraction of sp³-hybridized carbons (Fsp3) is 0.750. The minimum absolute atomic E-state index is 0.539. The summed E-state index contributed by atoms with van der Waals surface area (Å²) >= 11 is 1.78. The van der Waals surface area contributed by atoms with Crippen LogP contribution in [-0.2, 0) is 13.0 Å². The molecule has 2 unspecified atom stereocenters. The number of aliphatic imine (C=N–C) groups is 1. The predicted octanol–water partition coefficient (Wildman–Crippen LogP) is 3.20. The minimum Gasteiger partial charge on any atom is -0.354 e. The number of hydrogen-bond donors (Lipinski definition) is 2. The third kappa shape index (κ3) is 4.99. The molecule has 0 bridgehead atoms. The molecular weight excluding hydrogens is 280 g/mol. The minimum atomic E-state index is 0.539. The van der Waals surface area contributed by atoms with E-state index >= 15 is 0 Å². The summed E-state index contributed by atoms with van der Waals surface area (Å²) in [6.07, 6.45) is 6.86. The molecule has 1 aliphatic rings. The van der Waals surface area contributed by atoms with Gasteiger partial charge in [-0.3, -0.25) is 4.99 Å². The van der Waals surface area contributed by atoms with Gasteiger partial charge in [0.1, 0.15) is 5.01 Å². The summed E-state index contributed by atoms with van der Waals surface area (Å²) < 4.78 is 0. The van der Waals surface area contributed by atoms with Crippen LogP contribution >= 0.6 is 11.3 Å². The topological polar surface area (TPSA) is 49.3 Å². The van der Waals surface area contributed by atoms with Gasteiger partial charge in [-0.15, -0.1) is 11.3 Å². The second-order valence-corrected chi connectivity index (χ2v) is 7.46. The third-order valence-electron chi connectivity index (χ3n) is 4.10. The van der Waals surface area contributed by atoms with Gasteiger partial charge >= 0.3 is 0 Å². The van der Waals surface area contributed by atoms with Crippen LogP contribution in [0.4, 0.5) is 0 Å². The molecule has 1 aliphatic carbocycles. The average molecular weight is 308 g/mol. The van der Waals surface area contributed by atoms with Gasteiger partial charge in [0.25, 0.3) is 0 Å². The van der Waals surface area contributed by atoms with Crippen LogP contribution in [0.25, 0.3) is 0 Å². The molecule has 1 saturated carbocycles. The van der Waals surface area contributed by atoms with Gasteiger partial charge in [0.15, 0.2) is 5.96 Å². The van der Waals surface area contributed by atoms with E-state index in [1.54, 1.807) is 11.3 Å². The van der Waals surface area contributed by atoms with Crippen molar-refractivity contribution in [1.82, 2.24) is 15.6 Å². The Morgan fingerprint density at radius 1 is 1.33 bits per heavy atom. The van der Waals surface area contributed by atoms with E-state index in [9.17, 15) is 0 Å². The normalized spacial score (nSPS) is 26.7. The fourth-order valence-corrected chi connectivity index (χ4v) is 4.01. The second-order valence-electron chi connectivity index (χ2n) is 6.26. The number of nitrogens with one attached hydrogen (secondary N) is 2. The standard InChI is InChI=1S/C16H28N4S/c1-5-14-9-18-15(21-14)10-19-16(17-4)20-13-7-11(2)6-12(3)8-13/h9,11-13H,5-8,10H2,1-4H3,(H2,17,19,20). The third-order valence-corrected chi connectivity index (χ3v) is 5.24. The molecule has 0 saturated heterocycles. The van der Waals surface area contributed by atoms with E-state index in [1.165, 1.54) is 24.1 Å². The van der Waals surface area contributed by atoms with Gasteiger partial charge in [0.2, 0.25) is 0 Å². The van der Waals surface area contributed by atoms with Crippen molar-refractivity contribution in [3.05, 3.63) is 16.1 Å². The van der Waals surface area contributed by atoms with Crippen molar-refractivity contribution in [3.8, 4) is 0 Å². The Hall–Kier alpha value is -1.10. The quantitative estimate of drug-likeness (QED) is 0.663. The van der Waals surface area contributed by atoms with Crippen molar-refractivity contribution in [2.75, 3.05) is 7.05 Å². The first-order valence-electron chi connectivity index (χ1n) is 8.01. The zero-order chi connectivity index (χ0) is 15.2. The molecule has 0 spiro atoms. The van der Waals surface area contributed by atoms with Crippen LogP contribution in [0.2, 0.25) is 0 Å². The number of aromatic nitrogens is 1. The Kier molecular flexibility index (Phi) is 6.03. The summed E-state index contributed by atoms with van der Waals surface area (Å²) in [4.78, 5) is 10.1. The first kappa shape index (κ1) is 16.3. The molecule has 2 rings (SSSR count). The van der Waals surface area contributed by atoms with Gasteiger partial charge in [-0.25, -0.2) is 4.98 Å². The number of rotatable bonds is 4. The first-order valence-corrected chi connectivity index (χ1v) is 8.83. The lowest BCUT2D eigenvalue weighted by molar-refractivity contribution is 0.255. The van der Waals surface area contributed by atoms with Crippen LogP contribution < -0.4 is 10.6 Å². The monoisotopic (exact) mass is 308 g/mol. The van der Waals surface area contributed by atoms with Crippen LogP contribution in [0.5, 0.6) is 0 Å². The lowest BCUT2D eigenvalue weighted by Crippen LogP contribution is -2.45. The molecule has 1 aromatic heterocycles. The van der Waals surface area contributed by atoms with Crippen LogP contribution in [0.1, 0.15) is 49.9 Å². The molecule has 1 heterocycles. The highest BCUT2D eigenvalue weighted by Crippen LogP contribution is 2.28. The molecule has 5 heteroatoms. The molecular formula is C16H28N4S. The van der Waals surface area contributed by atoms with E-state index in [0.29, 0.717) is 6.04 Å². The summed E-state index contributed by atoms with van der Waals surface area (Å²) in [5.41, 5.74) is 0. The number of thiazole rings is 1. The summed E-state index contributed by atoms with van der Waals surface area (Å²) in [6.45, 7) is 7.61. The van der Waals surface area contributed by atoms with Gasteiger partial charge in [0.05, 0.1) is 6.54 Å². The van der Waals surface area contributed by atoms with Gasteiger partial charge in [-0.2, -0.15) is 0 Å². The van der Waals surface area contributed by atoms with Crippen molar-refractivity contribution in [3.63, 3.8) is 0 Å². The Morgan fingerprint density at radius 3 is 2.62 bits per heavy atom. The number of hydrogen-bond acceptors (Lipinski definition) is 3. The highest BCUT2D eigenvalue weighted by molar-refractivity contribution is 7.11. The summed E-state index contributed by atoms with van der Waals surface area (Å²) in [5.74, 6) is 2.50. The summed E-state index contributed by atoms with van der Waals surface area (Å²) in [7, 11) is 1.84. The van der Waals surface area contributed by atoms with Crippen molar-refractivity contribution in [2.24, 2.45) is 16.8 Å². The molecule has 21 heavy (non-hydrogen) atoms. The first-order chi connectivity index (χ1) is 10.1. The molecule has 4 nitrogen and oxygen atoms in total. The Morgan fingerprint density at radius 2 is 2.05 bits per heavy atom. The zero-order valence-corrected chi connectivity index (χ0v) is 14.5. The highest BCUT2D eigenvalue weighted by atomic mass is 32.1. The Balaban J connectivity index is 1.83. The Bertz CT molecular complexity index is 459. The predicted molar refractivity (Wildman–Crippen MR) is 90.8 cm³/mol. The van der Waals surface area contributed by atoms with Crippen molar-refractivity contribution < 1.29 is 0 Å². The van der Waals surface area contributed by atoms with Crippen molar-refractivity contribution in [2.45, 2.75) is 59.0 Å². The lowest BCUT2D eigenvalue weighted by atomic mass is 9.80. The molecule has 2 atom stereocenters. The molecule has 0 radical (unpaired) electrons. The SMILES string of the molecule is CCc1cnc(CNC(=NC)NC2CC(C)CC(C)C2)s1. The molecule has 0 amide bonds. The second kappa shape index (κ2) is 7.78. The van der Waals surface area contributed by atoms with Gasteiger partial charge in [-0.05, 0) is 37.5 Å². The maximum absolute atomic E-state index is 4.44. The Labute approximate surface area is 132 Å². The van der Waals surface area contributed by atoms with Gasteiger partial charge < -0.3 is 10.6 Å². The average Bonchev–Trinajstić information content (AvgIpc) is 2.90. The van der Waals surface area contributed by atoms with Gasteiger partial charge in [-0.1, -0.05) is 20.8 Å². The molecule has 118 valence electrons. The zero-order valence-electron chi connectivity index (χ0n) is 13.6. The maximum Gasteiger partial charge on any atom is 0.191 e.